The zero-order chi connectivity index (χ0) is 19.1. The van der Waals surface area contributed by atoms with Gasteiger partial charge >= 0.3 is 5.97 Å². The van der Waals surface area contributed by atoms with E-state index in [0.29, 0.717) is 16.9 Å². The number of ether oxygens (including phenoxy) is 2. The third-order valence-electron chi connectivity index (χ3n) is 3.28. The van der Waals surface area contributed by atoms with E-state index in [0.717, 1.165) is 5.01 Å². The maximum atomic E-state index is 12.1. The monoisotopic (exact) mass is 377 g/mol. The third kappa shape index (κ3) is 5.36. The summed E-state index contributed by atoms with van der Waals surface area (Å²) in [5.74, 6) is -1.22. The first-order chi connectivity index (χ1) is 12.4. The van der Waals surface area contributed by atoms with Crippen LogP contribution in [0.4, 0.5) is 5.69 Å². The molecule has 0 saturated heterocycles. The van der Waals surface area contributed by atoms with Crippen molar-refractivity contribution in [3.8, 4) is 0 Å². The molecule has 9 heteroatoms. The molecule has 1 aromatic carbocycles. The molecule has 0 saturated carbocycles. The molecular formula is C17H19N3O5S. The topological polar surface area (TPSA) is 107 Å². The summed E-state index contributed by atoms with van der Waals surface area (Å²) in [6.45, 7) is 1.86. The lowest BCUT2D eigenvalue weighted by molar-refractivity contribution is -0.119. The van der Waals surface area contributed by atoms with E-state index in [-0.39, 0.29) is 30.5 Å². The number of methoxy groups -OCH3 is 2. The van der Waals surface area contributed by atoms with Crippen molar-refractivity contribution in [1.82, 2.24) is 10.3 Å². The molecule has 0 spiro atoms. The van der Waals surface area contributed by atoms with Gasteiger partial charge in [-0.2, -0.15) is 0 Å². The molecule has 1 aromatic heterocycles. The fourth-order valence-electron chi connectivity index (χ4n) is 2.17. The Labute approximate surface area is 154 Å². The van der Waals surface area contributed by atoms with Gasteiger partial charge in [-0.25, -0.2) is 9.78 Å². The molecule has 2 N–H and O–H groups in total. The number of nitrogens with zero attached hydrogens (tertiary/aromatic N) is 1. The summed E-state index contributed by atoms with van der Waals surface area (Å²) < 4.78 is 9.49. The lowest BCUT2D eigenvalue weighted by Crippen LogP contribution is -2.23. The number of anilines is 1. The van der Waals surface area contributed by atoms with Crippen LogP contribution in [-0.2, 0) is 20.8 Å². The lowest BCUT2D eigenvalue weighted by atomic mass is 10.1. The van der Waals surface area contributed by atoms with Gasteiger partial charge in [-0.05, 0) is 30.7 Å². The minimum Gasteiger partial charge on any atom is -0.465 e. The van der Waals surface area contributed by atoms with E-state index in [1.807, 2.05) is 6.92 Å². The van der Waals surface area contributed by atoms with Gasteiger partial charge in [-0.3, -0.25) is 9.59 Å². The van der Waals surface area contributed by atoms with Crippen molar-refractivity contribution in [3.05, 3.63) is 45.4 Å². The fraction of sp³-hybridized carbons (Fsp3) is 0.294. The summed E-state index contributed by atoms with van der Waals surface area (Å²) >= 11 is 1.39. The van der Waals surface area contributed by atoms with E-state index < -0.39 is 5.97 Å². The second-order valence-corrected chi connectivity index (χ2v) is 6.39. The van der Waals surface area contributed by atoms with Gasteiger partial charge < -0.3 is 20.1 Å². The predicted molar refractivity (Wildman–Crippen MR) is 96.3 cm³/mol. The van der Waals surface area contributed by atoms with Gasteiger partial charge in [-0.15, -0.1) is 11.3 Å². The molecule has 0 aliphatic carbocycles. The van der Waals surface area contributed by atoms with Crippen LogP contribution < -0.4 is 10.6 Å². The SMILES string of the molecule is COCC(=O)Nc1cc(CNC(=O)c2csc(C)n2)cc(C(=O)OC)c1. The van der Waals surface area contributed by atoms with Crippen molar-refractivity contribution in [2.24, 2.45) is 0 Å². The average Bonchev–Trinajstić information content (AvgIpc) is 3.05. The molecular weight excluding hydrogens is 358 g/mol. The van der Waals surface area contributed by atoms with Gasteiger partial charge in [0.25, 0.3) is 5.91 Å². The highest BCUT2D eigenvalue weighted by atomic mass is 32.1. The molecule has 0 aliphatic heterocycles. The number of thiazole rings is 1. The number of amides is 2. The van der Waals surface area contributed by atoms with Crippen LogP contribution in [0, 0.1) is 6.92 Å². The van der Waals surface area contributed by atoms with Crippen molar-refractivity contribution >= 4 is 34.8 Å². The molecule has 8 nitrogen and oxygen atoms in total. The zero-order valence-electron chi connectivity index (χ0n) is 14.6. The van der Waals surface area contributed by atoms with Gasteiger partial charge in [0.15, 0.2) is 0 Å². The van der Waals surface area contributed by atoms with Crippen LogP contribution in [0.2, 0.25) is 0 Å². The van der Waals surface area contributed by atoms with Crippen LogP contribution >= 0.6 is 11.3 Å². The molecule has 0 bridgehead atoms. The Bertz CT molecular complexity index is 818. The van der Waals surface area contributed by atoms with Crippen LogP contribution in [0.1, 0.15) is 31.4 Å². The summed E-state index contributed by atoms with van der Waals surface area (Å²) in [7, 11) is 2.68. The van der Waals surface area contributed by atoms with E-state index >= 15 is 0 Å². The highest BCUT2D eigenvalue weighted by molar-refractivity contribution is 7.09. The standard InChI is InChI=1S/C17H19N3O5S/c1-10-19-14(9-26-10)16(22)18-7-11-4-12(17(23)25-3)6-13(5-11)20-15(21)8-24-2/h4-6,9H,7-8H2,1-3H3,(H,18,22)(H,20,21). The first kappa shape index (κ1) is 19.5. The number of benzene rings is 1. The van der Waals surface area contributed by atoms with Gasteiger partial charge in [0.1, 0.15) is 12.3 Å². The Morgan fingerprint density at radius 3 is 2.58 bits per heavy atom. The summed E-state index contributed by atoms with van der Waals surface area (Å²) in [5, 5.41) is 7.83. The van der Waals surface area contributed by atoms with E-state index in [1.54, 1.807) is 17.5 Å². The quantitative estimate of drug-likeness (QED) is 0.712. The zero-order valence-corrected chi connectivity index (χ0v) is 15.4. The maximum Gasteiger partial charge on any atom is 0.337 e. The summed E-state index contributed by atoms with van der Waals surface area (Å²) in [6, 6.07) is 4.74. The van der Waals surface area contributed by atoms with Gasteiger partial charge in [0.2, 0.25) is 5.91 Å². The van der Waals surface area contributed by atoms with E-state index in [4.69, 9.17) is 9.47 Å². The normalized spacial score (nSPS) is 10.3. The van der Waals surface area contributed by atoms with Gasteiger partial charge in [0, 0.05) is 24.7 Å². The Morgan fingerprint density at radius 1 is 1.19 bits per heavy atom. The maximum absolute atomic E-state index is 12.1. The molecule has 2 amide bonds. The summed E-state index contributed by atoms with van der Waals surface area (Å²) in [6.07, 6.45) is 0. The third-order valence-corrected chi connectivity index (χ3v) is 4.05. The fourth-order valence-corrected chi connectivity index (χ4v) is 2.76. The van der Waals surface area contributed by atoms with Crippen molar-refractivity contribution < 1.29 is 23.9 Å². The second-order valence-electron chi connectivity index (χ2n) is 5.33. The number of carbonyl (C=O) groups is 3. The van der Waals surface area contributed by atoms with E-state index in [1.165, 1.54) is 31.6 Å². The largest absolute Gasteiger partial charge is 0.465 e. The minimum atomic E-state index is -0.546. The van der Waals surface area contributed by atoms with Crippen molar-refractivity contribution in [2.75, 3.05) is 26.1 Å². The van der Waals surface area contributed by atoms with Gasteiger partial charge in [-0.1, -0.05) is 0 Å². The molecule has 0 radical (unpaired) electrons. The summed E-state index contributed by atoms with van der Waals surface area (Å²) in [4.78, 5) is 39.8. The van der Waals surface area contributed by atoms with Crippen molar-refractivity contribution in [1.29, 1.82) is 0 Å². The Morgan fingerprint density at radius 2 is 1.96 bits per heavy atom. The van der Waals surface area contributed by atoms with Crippen LogP contribution in [0.15, 0.2) is 23.6 Å². The van der Waals surface area contributed by atoms with Crippen LogP contribution in [0.5, 0.6) is 0 Å². The average molecular weight is 377 g/mol. The lowest BCUT2D eigenvalue weighted by Gasteiger charge is -2.11. The number of carbonyl (C=O) groups excluding carboxylic acids is 3. The van der Waals surface area contributed by atoms with Crippen molar-refractivity contribution in [2.45, 2.75) is 13.5 Å². The molecule has 1 heterocycles. The molecule has 2 rings (SSSR count). The Hall–Kier alpha value is -2.78. The Balaban J connectivity index is 2.16. The first-order valence-corrected chi connectivity index (χ1v) is 8.52. The molecule has 0 unspecified atom stereocenters. The molecule has 0 fully saturated rings. The summed E-state index contributed by atoms with van der Waals surface area (Å²) in [5.41, 5.74) is 1.63. The minimum absolute atomic E-state index is 0.113. The van der Waals surface area contributed by atoms with E-state index in [2.05, 4.69) is 15.6 Å². The van der Waals surface area contributed by atoms with Crippen LogP contribution in [0.3, 0.4) is 0 Å². The molecule has 2 aromatic rings. The number of hydrogen-bond acceptors (Lipinski definition) is 7. The highest BCUT2D eigenvalue weighted by Crippen LogP contribution is 2.17. The number of nitrogens with one attached hydrogen (secondary N) is 2. The number of esters is 1. The first-order valence-electron chi connectivity index (χ1n) is 7.64. The molecule has 26 heavy (non-hydrogen) atoms. The van der Waals surface area contributed by atoms with Crippen molar-refractivity contribution in [3.63, 3.8) is 0 Å². The number of hydrogen-bond donors (Lipinski definition) is 2. The molecule has 0 atom stereocenters. The molecule has 0 aliphatic rings. The number of aryl methyl sites for hydroxylation is 1. The smallest absolute Gasteiger partial charge is 0.337 e. The Kier molecular flexibility index (Phi) is 6.81. The highest BCUT2D eigenvalue weighted by Gasteiger charge is 2.13. The van der Waals surface area contributed by atoms with Gasteiger partial charge in [0.05, 0.1) is 17.7 Å². The number of rotatable bonds is 7. The second kappa shape index (κ2) is 9.07. The van der Waals surface area contributed by atoms with Crippen LogP contribution in [0.25, 0.3) is 0 Å². The number of aromatic nitrogens is 1. The molecule has 138 valence electrons. The van der Waals surface area contributed by atoms with Crippen LogP contribution in [-0.4, -0.2) is 43.6 Å². The predicted octanol–water partition coefficient (Wildman–Crippen LogP) is 1.75. The van der Waals surface area contributed by atoms with E-state index in [9.17, 15) is 14.4 Å².